The van der Waals surface area contributed by atoms with Crippen LogP contribution in [0.3, 0.4) is 0 Å². The van der Waals surface area contributed by atoms with Crippen LogP contribution in [-0.4, -0.2) is 8.42 Å². The molecule has 0 unspecified atom stereocenters. The number of rotatable bonds is 2. The molecule has 0 fully saturated rings. The first-order valence-corrected chi connectivity index (χ1v) is 4.14. The van der Waals surface area contributed by atoms with Crippen molar-refractivity contribution in [2.24, 2.45) is 0 Å². The Hall–Kier alpha value is -1.17. The molecule has 0 saturated heterocycles. The van der Waals surface area contributed by atoms with Crippen LogP contribution < -0.4 is 4.72 Å². The average molecular weight is 193 g/mol. The lowest BCUT2D eigenvalue weighted by atomic mass is 10.3. The van der Waals surface area contributed by atoms with Gasteiger partial charge in [0.05, 0.1) is 0 Å². The van der Waals surface area contributed by atoms with Crippen LogP contribution in [0.15, 0.2) is 18.2 Å². The Balaban J connectivity index is 3.12. The zero-order valence-electron chi connectivity index (χ0n) is 5.75. The van der Waals surface area contributed by atoms with Crippen molar-refractivity contribution in [2.45, 2.75) is 0 Å². The maximum Gasteiger partial charge on any atom is 0.222 e. The quantitative estimate of drug-likeness (QED) is 0.685. The van der Waals surface area contributed by atoms with Crippen LogP contribution in [-0.2, 0) is 10.9 Å². The maximum absolute atomic E-state index is 12.6. The molecule has 0 radical (unpaired) electrons. The van der Waals surface area contributed by atoms with Gasteiger partial charge in [-0.2, -0.15) is 0 Å². The van der Waals surface area contributed by atoms with Gasteiger partial charge in [0, 0.05) is 0 Å². The first kappa shape index (κ1) is 8.92. The molecule has 1 rings (SSSR count). The van der Waals surface area contributed by atoms with Gasteiger partial charge in [-0.1, -0.05) is 6.07 Å². The molecular weight excluding hydrogens is 188 g/mol. The molecule has 1 N–H and O–H groups in total. The zero-order chi connectivity index (χ0) is 9.14. The van der Waals surface area contributed by atoms with Crippen molar-refractivity contribution in [3.05, 3.63) is 29.8 Å². The predicted molar refractivity (Wildman–Crippen MR) is 40.3 cm³/mol. The molecule has 3 nitrogen and oxygen atoms in total. The monoisotopic (exact) mass is 193 g/mol. The van der Waals surface area contributed by atoms with Crippen LogP contribution in [0, 0.1) is 11.6 Å². The molecule has 0 heterocycles. The molecule has 1 aromatic carbocycles. The van der Waals surface area contributed by atoms with E-state index in [1.165, 1.54) is 0 Å². The van der Waals surface area contributed by atoms with Crippen molar-refractivity contribution >= 4 is 16.6 Å². The van der Waals surface area contributed by atoms with Crippen molar-refractivity contribution in [1.82, 2.24) is 0 Å². The molecular formula is C6H5F2NO2S. The highest BCUT2D eigenvalue weighted by atomic mass is 32.2. The molecule has 1 aromatic rings. The number of hydrogen-bond donors (Lipinski definition) is 2. The Morgan fingerprint density at radius 2 is 1.67 bits per heavy atom. The molecule has 0 spiro atoms. The van der Waals surface area contributed by atoms with E-state index in [1.807, 2.05) is 0 Å². The van der Waals surface area contributed by atoms with E-state index in [4.69, 9.17) is 0 Å². The number of benzene rings is 1. The summed E-state index contributed by atoms with van der Waals surface area (Å²) < 4.78 is 47.1. The van der Waals surface area contributed by atoms with Crippen LogP contribution in [0.2, 0.25) is 0 Å². The van der Waals surface area contributed by atoms with Crippen molar-refractivity contribution in [3.8, 4) is 0 Å². The normalized spacial score (nSPS) is 10.2. The summed E-state index contributed by atoms with van der Waals surface area (Å²) in [6.07, 6.45) is 0. The van der Waals surface area contributed by atoms with Crippen LogP contribution in [0.4, 0.5) is 14.5 Å². The number of anilines is 1. The van der Waals surface area contributed by atoms with E-state index >= 15 is 0 Å². The molecule has 0 atom stereocenters. The van der Waals surface area contributed by atoms with E-state index in [0.29, 0.717) is 0 Å². The van der Waals surface area contributed by atoms with Crippen LogP contribution in [0.25, 0.3) is 0 Å². The third-order valence-electron chi connectivity index (χ3n) is 1.17. The topological polar surface area (TPSA) is 46.2 Å². The summed E-state index contributed by atoms with van der Waals surface area (Å²) >= 11 is 0. The summed E-state index contributed by atoms with van der Waals surface area (Å²) in [5.74, 6) is -1.87. The standard InChI is InChI=1S/C6H5F2NO2S/c7-4-2-1-3-5(8)6(4)9-12(10)11/h1-3,12H,(H,9,10,11). The van der Waals surface area contributed by atoms with Gasteiger partial charge in [0.2, 0.25) is 10.9 Å². The average Bonchev–Trinajstić information content (AvgIpc) is 1.97. The molecule has 0 bridgehead atoms. The highest BCUT2D eigenvalue weighted by Crippen LogP contribution is 2.17. The second-order valence-corrected chi connectivity index (χ2v) is 2.70. The third-order valence-corrected chi connectivity index (χ3v) is 1.57. The highest BCUT2D eigenvalue weighted by molar-refractivity contribution is 7.73. The molecule has 0 saturated carbocycles. The van der Waals surface area contributed by atoms with E-state index in [2.05, 4.69) is 0 Å². The molecule has 0 aliphatic carbocycles. The minimum atomic E-state index is -3.04. The van der Waals surface area contributed by atoms with Crippen LogP contribution in [0.5, 0.6) is 0 Å². The largest absolute Gasteiger partial charge is 0.280 e. The van der Waals surface area contributed by atoms with Gasteiger partial charge in [-0.05, 0) is 12.1 Å². The molecule has 0 amide bonds. The van der Waals surface area contributed by atoms with E-state index < -0.39 is 28.2 Å². The summed E-state index contributed by atoms with van der Waals surface area (Å²) in [7, 11) is -3.04. The van der Waals surface area contributed by atoms with Gasteiger partial charge in [0.15, 0.2) is 0 Å². The summed E-state index contributed by atoms with van der Waals surface area (Å²) in [6, 6.07) is 3.07. The first-order chi connectivity index (χ1) is 5.61. The van der Waals surface area contributed by atoms with Crippen molar-refractivity contribution in [2.75, 3.05) is 4.72 Å². The van der Waals surface area contributed by atoms with E-state index in [0.717, 1.165) is 18.2 Å². The molecule has 66 valence electrons. The molecule has 12 heavy (non-hydrogen) atoms. The van der Waals surface area contributed by atoms with Gasteiger partial charge in [-0.3, -0.25) is 4.72 Å². The van der Waals surface area contributed by atoms with Crippen molar-refractivity contribution in [3.63, 3.8) is 0 Å². The van der Waals surface area contributed by atoms with Gasteiger partial charge in [-0.25, -0.2) is 17.2 Å². The SMILES string of the molecule is O=[SH](=O)Nc1c(F)cccc1F. The Morgan fingerprint density at radius 1 is 1.17 bits per heavy atom. The molecule has 6 heteroatoms. The van der Waals surface area contributed by atoms with Gasteiger partial charge in [0.25, 0.3) is 0 Å². The fraction of sp³-hybridized carbons (Fsp3) is 0. The third kappa shape index (κ3) is 1.91. The Labute approximate surface area is 69.1 Å². The van der Waals surface area contributed by atoms with Crippen molar-refractivity contribution < 1.29 is 17.2 Å². The second-order valence-electron chi connectivity index (χ2n) is 1.97. The lowest BCUT2D eigenvalue weighted by Crippen LogP contribution is -2.00. The smallest absolute Gasteiger partial charge is 0.222 e. The molecule has 0 aliphatic rings. The van der Waals surface area contributed by atoms with Crippen LogP contribution >= 0.6 is 0 Å². The van der Waals surface area contributed by atoms with Gasteiger partial charge >= 0.3 is 0 Å². The number of para-hydroxylation sites is 1. The van der Waals surface area contributed by atoms with Crippen LogP contribution in [0.1, 0.15) is 0 Å². The summed E-state index contributed by atoms with van der Waals surface area (Å²) in [4.78, 5) is 0. The summed E-state index contributed by atoms with van der Waals surface area (Å²) in [6.45, 7) is 0. The second kappa shape index (κ2) is 3.48. The summed E-state index contributed by atoms with van der Waals surface area (Å²) in [5, 5.41) is 0. The Bertz CT molecular complexity index is 336. The minimum Gasteiger partial charge on any atom is -0.280 e. The number of hydrogen-bond acceptors (Lipinski definition) is 2. The Morgan fingerprint density at radius 3 is 2.08 bits per heavy atom. The maximum atomic E-state index is 12.6. The molecule has 0 aliphatic heterocycles. The number of halogens is 2. The Kier molecular flexibility index (Phi) is 2.59. The van der Waals surface area contributed by atoms with Gasteiger partial charge in [-0.15, -0.1) is 0 Å². The zero-order valence-corrected chi connectivity index (χ0v) is 6.65. The van der Waals surface area contributed by atoms with E-state index in [1.54, 1.807) is 4.72 Å². The highest BCUT2D eigenvalue weighted by Gasteiger charge is 2.06. The van der Waals surface area contributed by atoms with Crippen molar-refractivity contribution in [1.29, 1.82) is 0 Å². The first-order valence-electron chi connectivity index (χ1n) is 2.96. The number of thiol groups is 1. The summed E-state index contributed by atoms with van der Waals surface area (Å²) in [5.41, 5.74) is -0.645. The predicted octanol–water partition coefficient (Wildman–Crippen LogP) is 0.903. The fourth-order valence-electron chi connectivity index (χ4n) is 0.696. The van der Waals surface area contributed by atoms with Gasteiger partial charge < -0.3 is 0 Å². The lowest BCUT2D eigenvalue weighted by molar-refractivity contribution is 0.587. The molecule has 0 aromatic heterocycles. The fourth-order valence-corrected chi connectivity index (χ4v) is 1.09. The lowest BCUT2D eigenvalue weighted by Gasteiger charge is -2.00. The van der Waals surface area contributed by atoms with E-state index in [-0.39, 0.29) is 0 Å². The number of nitrogens with one attached hydrogen (secondary N) is 1. The van der Waals surface area contributed by atoms with E-state index in [9.17, 15) is 17.2 Å². The minimum absolute atomic E-state index is 0.645. The van der Waals surface area contributed by atoms with Gasteiger partial charge in [0.1, 0.15) is 17.3 Å².